The van der Waals surface area contributed by atoms with E-state index in [2.05, 4.69) is 0 Å². The van der Waals surface area contributed by atoms with Crippen molar-refractivity contribution in [3.8, 4) is 16.9 Å². The molecule has 0 aliphatic rings. The minimum atomic E-state index is -1.45. The standard InChI is InChI=1S/C19H21F3O2/c1-23-10-4-2-3-5-11-24-16-8-6-14(7-9-16)15-12-17(20)19(22)18(21)13-15/h6-9,12-13H,2-5,10-11H2,1H3. The maximum absolute atomic E-state index is 13.3. The highest BCUT2D eigenvalue weighted by Gasteiger charge is 2.11. The average molecular weight is 338 g/mol. The van der Waals surface area contributed by atoms with Crippen LogP contribution in [0.3, 0.4) is 0 Å². The van der Waals surface area contributed by atoms with Gasteiger partial charge in [-0.25, -0.2) is 13.2 Å². The molecule has 0 aliphatic carbocycles. The molecule has 130 valence electrons. The molecule has 0 fully saturated rings. The highest BCUT2D eigenvalue weighted by atomic mass is 19.2. The van der Waals surface area contributed by atoms with E-state index in [4.69, 9.17) is 9.47 Å². The van der Waals surface area contributed by atoms with Crippen LogP contribution < -0.4 is 4.74 Å². The molecule has 2 aromatic carbocycles. The van der Waals surface area contributed by atoms with Gasteiger partial charge in [0.1, 0.15) is 5.75 Å². The van der Waals surface area contributed by atoms with Gasteiger partial charge < -0.3 is 9.47 Å². The van der Waals surface area contributed by atoms with Gasteiger partial charge in [0.25, 0.3) is 0 Å². The number of hydrogen-bond donors (Lipinski definition) is 0. The Bertz CT molecular complexity index is 619. The first kappa shape index (κ1) is 18.3. The molecule has 2 aromatic rings. The van der Waals surface area contributed by atoms with Gasteiger partial charge in [-0.15, -0.1) is 0 Å². The van der Waals surface area contributed by atoms with Gasteiger partial charge in [0, 0.05) is 13.7 Å². The Morgan fingerprint density at radius 1 is 0.750 bits per heavy atom. The van der Waals surface area contributed by atoms with Crippen LogP contribution in [0.5, 0.6) is 5.75 Å². The van der Waals surface area contributed by atoms with Crippen molar-refractivity contribution in [2.45, 2.75) is 25.7 Å². The van der Waals surface area contributed by atoms with Crippen molar-refractivity contribution >= 4 is 0 Å². The van der Waals surface area contributed by atoms with Gasteiger partial charge in [0.15, 0.2) is 17.5 Å². The lowest BCUT2D eigenvalue weighted by molar-refractivity contribution is 0.191. The number of rotatable bonds is 9. The van der Waals surface area contributed by atoms with Crippen molar-refractivity contribution in [1.82, 2.24) is 0 Å². The van der Waals surface area contributed by atoms with Gasteiger partial charge in [-0.05, 0) is 54.7 Å². The Labute approximate surface area is 140 Å². The van der Waals surface area contributed by atoms with E-state index in [1.54, 1.807) is 31.4 Å². The predicted octanol–water partition coefficient (Wildman–Crippen LogP) is 5.36. The Kier molecular flexibility index (Phi) is 7.12. The van der Waals surface area contributed by atoms with Gasteiger partial charge >= 0.3 is 0 Å². The molecule has 0 unspecified atom stereocenters. The summed E-state index contributed by atoms with van der Waals surface area (Å²) in [4.78, 5) is 0. The third-order valence-corrected chi connectivity index (χ3v) is 3.68. The van der Waals surface area contributed by atoms with Crippen molar-refractivity contribution in [3.05, 3.63) is 53.8 Å². The number of methoxy groups -OCH3 is 1. The molecular weight excluding hydrogens is 317 g/mol. The summed E-state index contributed by atoms with van der Waals surface area (Å²) in [7, 11) is 1.70. The Hall–Kier alpha value is -2.01. The molecular formula is C19H21F3O2. The molecule has 0 amide bonds. The van der Waals surface area contributed by atoms with Crippen molar-refractivity contribution in [2.24, 2.45) is 0 Å². The number of unbranched alkanes of at least 4 members (excludes halogenated alkanes) is 3. The highest BCUT2D eigenvalue weighted by Crippen LogP contribution is 2.25. The summed E-state index contributed by atoms with van der Waals surface area (Å²) < 4.78 is 50.2. The van der Waals surface area contributed by atoms with Gasteiger partial charge in [0.05, 0.1) is 6.61 Å². The first-order valence-electron chi connectivity index (χ1n) is 7.98. The van der Waals surface area contributed by atoms with E-state index in [-0.39, 0.29) is 5.56 Å². The number of halogens is 3. The Morgan fingerprint density at radius 2 is 1.33 bits per heavy atom. The molecule has 5 heteroatoms. The quantitative estimate of drug-likeness (QED) is 0.453. The van der Waals surface area contributed by atoms with Crippen LogP contribution in [0, 0.1) is 17.5 Å². The van der Waals surface area contributed by atoms with Crippen molar-refractivity contribution in [1.29, 1.82) is 0 Å². The summed E-state index contributed by atoms with van der Waals surface area (Å²) >= 11 is 0. The topological polar surface area (TPSA) is 18.5 Å². The fraction of sp³-hybridized carbons (Fsp3) is 0.368. The van der Waals surface area contributed by atoms with E-state index in [1.807, 2.05) is 0 Å². The summed E-state index contributed by atoms with van der Waals surface area (Å²) in [6, 6.07) is 8.82. The van der Waals surface area contributed by atoms with Crippen LogP contribution in [0.2, 0.25) is 0 Å². The average Bonchev–Trinajstić information content (AvgIpc) is 2.59. The van der Waals surface area contributed by atoms with E-state index in [1.165, 1.54) is 0 Å². The second-order valence-electron chi connectivity index (χ2n) is 5.53. The van der Waals surface area contributed by atoms with Gasteiger partial charge in [-0.1, -0.05) is 18.6 Å². The maximum atomic E-state index is 13.3. The lowest BCUT2D eigenvalue weighted by Crippen LogP contribution is -1.98. The van der Waals surface area contributed by atoms with E-state index in [0.717, 1.165) is 44.4 Å². The zero-order chi connectivity index (χ0) is 17.4. The van der Waals surface area contributed by atoms with Crippen LogP contribution in [0.4, 0.5) is 13.2 Å². The fourth-order valence-corrected chi connectivity index (χ4v) is 2.36. The molecule has 0 heterocycles. The second kappa shape index (κ2) is 9.33. The summed E-state index contributed by atoms with van der Waals surface area (Å²) in [6.07, 6.45) is 4.20. The lowest BCUT2D eigenvalue weighted by Gasteiger charge is -2.08. The van der Waals surface area contributed by atoms with Crippen molar-refractivity contribution in [2.75, 3.05) is 20.3 Å². The first-order valence-corrected chi connectivity index (χ1v) is 7.98. The summed E-state index contributed by atoms with van der Waals surface area (Å²) in [5, 5.41) is 0. The van der Waals surface area contributed by atoms with Crippen LogP contribution in [0.15, 0.2) is 36.4 Å². The first-order chi connectivity index (χ1) is 11.6. The minimum absolute atomic E-state index is 0.288. The zero-order valence-corrected chi connectivity index (χ0v) is 13.7. The molecule has 24 heavy (non-hydrogen) atoms. The fourth-order valence-electron chi connectivity index (χ4n) is 2.36. The third-order valence-electron chi connectivity index (χ3n) is 3.68. The monoisotopic (exact) mass is 338 g/mol. The van der Waals surface area contributed by atoms with Gasteiger partial charge in [-0.2, -0.15) is 0 Å². The molecule has 0 radical (unpaired) electrons. The molecule has 2 nitrogen and oxygen atoms in total. The molecule has 0 saturated carbocycles. The molecule has 0 aromatic heterocycles. The maximum Gasteiger partial charge on any atom is 0.194 e. The molecule has 0 spiro atoms. The summed E-state index contributed by atoms with van der Waals surface area (Å²) in [6.45, 7) is 1.40. The van der Waals surface area contributed by atoms with Gasteiger partial charge in [0.2, 0.25) is 0 Å². The number of hydrogen-bond acceptors (Lipinski definition) is 2. The van der Waals surface area contributed by atoms with Crippen LogP contribution in [0.1, 0.15) is 25.7 Å². The van der Waals surface area contributed by atoms with Crippen LogP contribution >= 0.6 is 0 Å². The van der Waals surface area contributed by atoms with E-state index < -0.39 is 17.5 Å². The SMILES string of the molecule is COCCCCCCOc1ccc(-c2cc(F)c(F)c(F)c2)cc1. The zero-order valence-electron chi connectivity index (χ0n) is 13.7. The second-order valence-corrected chi connectivity index (χ2v) is 5.53. The lowest BCUT2D eigenvalue weighted by atomic mass is 10.1. The van der Waals surface area contributed by atoms with Crippen molar-refractivity contribution in [3.63, 3.8) is 0 Å². The summed E-state index contributed by atoms with van der Waals surface area (Å²) in [5.74, 6) is -3.15. The molecule has 0 atom stereocenters. The number of ether oxygens (including phenoxy) is 2. The molecule has 0 aliphatic heterocycles. The van der Waals surface area contributed by atoms with E-state index in [0.29, 0.717) is 17.9 Å². The Balaban J connectivity index is 1.85. The van der Waals surface area contributed by atoms with Crippen LogP contribution in [0.25, 0.3) is 11.1 Å². The molecule has 0 N–H and O–H groups in total. The highest BCUT2D eigenvalue weighted by molar-refractivity contribution is 5.64. The molecule has 0 bridgehead atoms. The minimum Gasteiger partial charge on any atom is -0.494 e. The third kappa shape index (κ3) is 5.27. The number of benzene rings is 2. The summed E-state index contributed by atoms with van der Waals surface area (Å²) in [5.41, 5.74) is 0.885. The van der Waals surface area contributed by atoms with Crippen LogP contribution in [-0.4, -0.2) is 20.3 Å². The normalized spacial score (nSPS) is 10.8. The predicted molar refractivity (Wildman–Crippen MR) is 87.6 cm³/mol. The van der Waals surface area contributed by atoms with E-state index >= 15 is 0 Å². The smallest absolute Gasteiger partial charge is 0.194 e. The molecule has 0 saturated heterocycles. The Morgan fingerprint density at radius 3 is 1.92 bits per heavy atom. The van der Waals surface area contributed by atoms with Gasteiger partial charge in [-0.3, -0.25) is 0 Å². The largest absolute Gasteiger partial charge is 0.494 e. The van der Waals surface area contributed by atoms with Crippen molar-refractivity contribution < 1.29 is 22.6 Å². The van der Waals surface area contributed by atoms with Crippen LogP contribution in [-0.2, 0) is 4.74 Å². The molecule has 2 rings (SSSR count). The van der Waals surface area contributed by atoms with E-state index in [9.17, 15) is 13.2 Å².